The highest BCUT2D eigenvalue weighted by atomic mass is 16.5. The summed E-state index contributed by atoms with van der Waals surface area (Å²) in [5.74, 6) is 0.568. The first kappa shape index (κ1) is 16.1. The summed E-state index contributed by atoms with van der Waals surface area (Å²) < 4.78 is 11.0. The van der Waals surface area contributed by atoms with Crippen LogP contribution < -0.4 is 9.64 Å². The fourth-order valence-corrected chi connectivity index (χ4v) is 3.97. The molecule has 2 saturated heterocycles. The van der Waals surface area contributed by atoms with Crippen molar-refractivity contribution in [2.45, 2.75) is 25.4 Å². The van der Waals surface area contributed by atoms with E-state index >= 15 is 0 Å². The van der Waals surface area contributed by atoms with Crippen LogP contribution >= 0.6 is 0 Å². The third kappa shape index (κ3) is 2.50. The van der Waals surface area contributed by atoms with Gasteiger partial charge in [-0.1, -0.05) is 0 Å². The van der Waals surface area contributed by atoms with Gasteiger partial charge in [-0.25, -0.2) is 14.8 Å². The van der Waals surface area contributed by atoms with Crippen LogP contribution in [0.3, 0.4) is 0 Å². The van der Waals surface area contributed by atoms with Gasteiger partial charge >= 0.3 is 5.97 Å². The van der Waals surface area contributed by atoms with E-state index in [1.165, 1.54) is 0 Å². The fraction of sp³-hybridized carbons (Fsp3) is 0.500. The van der Waals surface area contributed by atoms with Gasteiger partial charge in [0.15, 0.2) is 11.4 Å². The van der Waals surface area contributed by atoms with Gasteiger partial charge in [0, 0.05) is 25.1 Å². The maximum atomic E-state index is 11.9. The molecule has 0 bridgehead atoms. The minimum Gasteiger partial charge on any atom is -0.497 e. The van der Waals surface area contributed by atoms with E-state index in [1.807, 2.05) is 30.0 Å². The number of carbonyl (C=O) groups is 1. The number of anilines is 1. The van der Waals surface area contributed by atoms with Crippen LogP contribution in [0.2, 0.25) is 0 Å². The molecule has 25 heavy (non-hydrogen) atoms. The van der Waals surface area contributed by atoms with E-state index in [0.29, 0.717) is 19.7 Å². The molecule has 2 aromatic rings. The van der Waals surface area contributed by atoms with Gasteiger partial charge in [-0.3, -0.25) is 0 Å². The molecule has 2 unspecified atom stereocenters. The fourth-order valence-electron chi connectivity index (χ4n) is 3.97. The van der Waals surface area contributed by atoms with Gasteiger partial charge in [-0.05, 0) is 31.9 Å². The Morgan fingerprint density at radius 3 is 2.96 bits per heavy atom. The molecule has 2 fully saturated rings. The van der Waals surface area contributed by atoms with Crippen molar-refractivity contribution in [1.29, 1.82) is 0 Å². The Balaban J connectivity index is 1.72. The van der Waals surface area contributed by atoms with Crippen LogP contribution in [-0.2, 0) is 9.53 Å². The van der Waals surface area contributed by atoms with Crippen LogP contribution in [-0.4, -0.2) is 53.5 Å². The normalized spacial score (nSPS) is 25.8. The van der Waals surface area contributed by atoms with Gasteiger partial charge in [0.25, 0.3) is 0 Å². The quantitative estimate of drug-likeness (QED) is 0.912. The Labute approximate surface area is 145 Å². The van der Waals surface area contributed by atoms with Crippen LogP contribution in [0, 0.1) is 12.8 Å². The first-order valence-electron chi connectivity index (χ1n) is 8.48. The molecule has 132 valence electrons. The zero-order valence-electron chi connectivity index (χ0n) is 14.4. The van der Waals surface area contributed by atoms with Crippen molar-refractivity contribution in [3.8, 4) is 5.75 Å². The van der Waals surface area contributed by atoms with Crippen LogP contribution in [0.4, 0.5) is 5.82 Å². The minimum atomic E-state index is -1.12. The van der Waals surface area contributed by atoms with Crippen molar-refractivity contribution in [3.63, 3.8) is 0 Å². The molecule has 1 aromatic carbocycles. The molecule has 0 saturated carbocycles. The number of aromatic nitrogens is 2. The first-order chi connectivity index (χ1) is 12.0. The minimum absolute atomic E-state index is 0.0217. The zero-order valence-corrected chi connectivity index (χ0v) is 14.4. The summed E-state index contributed by atoms with van der Waals surface area (Å²) in [6, 6.07) is 5.57. The Bertz CT molecular complexity index is 840. The summed E-state index contributed by atoms with van der Waals surface area (Å²) in [7, 11) is 1.62. The monoisotopic (exact) mass is 343 g/mol. The average Bonchev–Trinajstić information content (AvgIpc) is 3.01. The predicted molar refractivity (Wildman–Crippen MR) is 92.1 cm³/mol. The number of carboxylic acid groups (broad SMARTS) is 1. The van der Waals surface area contributed by atoms with E-state index in [0.717, 1.165) is 41.1 Å². The van der Waals surface area contributed by atoms with Crippen molar-refractivity contribution in [2.75, 3.05) is 31.7 Å². The molecular formula is C18H21N3O4. The second-order valence-corrected chi connectivity index (χ2v) is 6.75. The van der Waals surface area contributed by atoms with Crippen LogP contribution in [0.1, 0.15) is 18.5 Å². The molecule has 1 aromatic heterocycles. The van der Waals surface area contributed by atoms with Crippen LogP contribution in [0.5, 0.6) is 5.75 Å². The maximum absolute atomic E-state index is 11.9. The molecule has 7 heteroatoms. The summed E-state index contributed by atoms with van der Waals surface area (Å²) in [6.07, 6.45) is 1.76. The number of hydrogen-bond acceptors (Lipinski definition) is 6. The van der Waals surface area contributed by atoms with E-state index < -0.39 is 11.6 Å². The van der Waals surface area contributed by atoms with Crippen LogP contribution in [0.25, 0.3) is 11.0 Å². The topological polar surface area (TPSA) is 84.8 Å². The lowest BCUT2D eigenvalue weighted by Crippen LogP contribution is -2.51. The molecule has 2 aliphatic heterocycles. The molecule has 1 N–H and O–H groups in total. The smallest absolute Gasteiger partial charge is 0.338 e. The SMILES string of the molecule is COc1ccc2nc(N3CC4CCCOC4(C(=O)O)C3)c(C)nc2c1. The third-order valence-electron chi connectivity index (χ3n) is 5.26. The Kier molecular flexibility index (Phi) is 3.76. The Morgan fingerprint density at radius 1 is 1.40 bits per heavy atom. The largest absolute Gasteiger partial charge is 0.497 e. The van der Waals surface area contributed by atoms with Gasteiger partial charge in [-0.2, -0.15) is 0 Å². The van der Waals surface area contributed by atoms with E-state index in [9.17, 15) is 9.90 Å². The van der Waals surface area contributed by atoms with E-state index in [1.54, 1.807) is 7.11 Å². The van der Waals surface area contributed by atoms with E-state index in [2.05, 4.69) is 4.98 Å². The number of hydrogen-bond donors (Lipinski definition) is 1. The number of methoxy groups -OCH3 is 1. The molecule has 4 rings (SSSR count). The molecule has 0 spiro atoms. The molecule has 7 nitrogen and oxygen atoms in total. The highest BCUT2D eigenvalue weighted by Gasteiger charge is 2.55. The van der Waals surface area contributed by atoms with Gasteiger partial charge in [0.05, 0.1) is 30.4 Å². The number of nitrogens with zero attached hydrogens (tertiary/aromatic N) is 3. The molecule has 2 atom stereocenters. The number of carboxylic acids is 1. The molecule has 2 aliphatic rings. The predicted octanol–water partition coefficient (Wildman–Crippen LogP) is 2.02. The Hall–Kier alpha value is -2.41. The number of aryl methyl sites for hydroxylation is 1. The van der Waals surface area contributed by atoms with Crippen molar-refractivity contribution in [3.05, 3.63) is 23.9 Å². The van der Waals surface area contributed by atoms with Crippen LogP contribution in [0.15, 0.2) is 18.2 Å². The lowest BCUT2D eigenvalue weighted by molar-refractivity contribution is -0.175. The number of aliphatic carboxylic acids is 1. The Morgan fingerprint density at radius 2 is 2.24 bits per heavy atom. The highest BCUT2D eigenvalue weighted by molar-refractivity contribution is 5.82. The highest BCUT2D eigenvalue weighted by Crippen LogP contribution is 2.40. The lowest BCUT2D eigenvalue weighted by Gasteiger charge is -2.34. The van der Waals surface area contributed by atoms with E-state index in [-0.39, 0.29) is 5.92 Å². The number of benzene rings is 1. The van der Waals surface area contributed by atoms with Gasteiger partial charge in [-0.15, -0.1) is 0 Å². The lowest BCUT2D eigenvalue weighted by atomic mass is 9.85. The van der Waals surface area contributed by atoms with Gasteiger partial charge in [0.2, 0.25) is 0 Å². The number of fused-ring (bicyclic) bond motifs is 2. The third-order valence-corrected chi connectivity index (χ3v) is 5.26. The first-order valence-corrected chi connectivity index (χ1v) is 8.48. The standard InChI is InChI=1S/C18H21N3O4/c1-11-16(20-14-6-5-13(24-2)8-15(14)19-11)21-9-12-4-3-7-25-18(12,10-21)17(22)23/h5-6,8,12H,3-4,7,9-10H2,1-2H3,(H,22,23). The molecule has 0 aliphatic carbocycles. The van der Waals surface area contributed by atoms with Crippen molar-refractivity contribution in [2.24, 2.45) is 5.92 Å². The van der Waals surface area contributed by atoms with Crippen molar-refractivity contribution >= 4 is 22.8 Å². The van der Waals surface area contributed by atoms with Crippen molar-refractivity contribution < 1.29 is 19.4 Å². The van der Waals surface area contributed by atoms with Gasteiger partial charge < -0.3 is 19.5 Å². The summed E-state index contributed by atoms with van der Waals surface area (Å²) in [5.41, 5.74) is 1.18. The summed E-state index contributed by atoms with van der Waals surface area (Å²) in [6.45, 7) is 3.34. The van der Waals surface area contributed by atoms with Gasteiger partial charge in [0.1, 0.15) is 5.75 Å². The van der Waals surface area contributed by atoms with Crippen molar-refractivity contribution in [1.82, 2.24) is 9.97 Å². The van der Waals surface area contributed by atoms with E-state index in [4.69, 9.17) is 14.5 Å². The number of ether oxygens (including phenoxy) is 2. The second kappa shape index (κ2) is 5.84. The molecule has 3 heterocycles. The summed E-state index contributed by atoms with van der Waals surface area (Å²) in [5, 5.41) is 9.76. The number of rotatable bonds is 3. The summed E-state index contributed by atoms with van der Waals surface area (Å²) in [4.78, 5) is 23.3. The average molecular weight is 343 g/mol. The molecular weight excluding hydrogens is 322 g/mol. The molecule has 0 radical (unpaired) electrons. The maximum Gasteiger partial charge on any atom is 0.338 e. The second-order valence-electron chi connectivity index (χ2n) is 6.75. The molecule has 0 amide bonds. The summed E-state index contributed by atoms with van der Waals surface area (Å²) >= 11 is 0. The zero-order chi connectivity index (χ0) is 17.6.